The molecular weight excluding hydrogens is 605 g/mol. The number of carbonyl (C=O) groups is 2. The average Bonchev–Trinajstić information content (AvgIpc) is 3.41. The average molecular weight is 674 g/mol. The van der Waals surface area contributed by atoms with E-state index in [4.69, 9.17) is 14.2 Å². The second-order valence-electron chi connectivity index (χ2n) is 13.2. The quantitative estimate of drug-likeness (QED) is 0.0469. The van der Waals surface area contributed by atoms with Gasteiger partial charge in [0.25, 0.3) is 0 Å². The molecule has 43 heavy (non-hydrogen) atoms. The summed E-state index contributed by atoms with van der Waals surface area (Å²) in [7, 11) is 1.73. The minimum atomic E-state index is -0.562. The molecule has 1 radical (unpaired) electrons. The standard InChI is InChI=1S/C36H68NO5Se/c1-6-9-12-15-20-27-41-34(38)33-29-32(40-5)30-37(33)26-19-14-13-18-25-36(4,43)35(39)42-28-21-24-31(22-16-10-7-2)23-17-11-8-3/h31-33H,6-30H2,1-5H3. The van der Waals surface area contributed by atoms with Crippen molar-refractivity contribution < 1.29 is 23.8 Å². The van der Waals surface area contributed by atoms with E-state index in [2.05, 4.69) is 41.7 Å². The van der Waals surface area contributed by atoms with Gasteiger partial charge in [-0.1, -0.05) is 32.6 Å². The summed E-state index contributed by atoms with van der Waals surface area (Å²) < 4.78 is 16.4. The van der Waals surface area contributed by atoms with Crippen molar-refractivity contribution in [1.82, 2.24) is 4.90 Å². The molecule has 0 aromatic rings. The van der Waals surface area contributed by atoms with Crippen molar-refractivity contribution in [2.45, 2.75) is 179 Å². The van der Waals surface area contributed by atoms with Gasteiger partial charge in [0, 0.05) is 0 Å². The molecule has 1 saturated heterocycles. The predicted octanol–water partition coefficient (Wildman–Crippen LogP) is 8.99. The molecule has 1 aliphatic rings. The van der Waals surface area contributed by atoms with Gasteiger partial charge in [-0.25, -0.2) is 0 Å². The normalized spacial score (nSPS) is 18.7. The van der Waals surface area contributed by atoms with Crippen LogP contribution in [0, 0.1) is 5.92 Å². The van der Waals surface area contributed by atoms with Crippen LogP contribution in [0.15, 0.2) is 0 Å². The first kappa shape index (κ1) is 40.4. The summed E-state index contributed by atoms with van der Waals surface area (Å²) in [5, 5.41) is 0. The Morgan fingerprint density at radius 1 is 0.767 bits per heavy atom. The summed E-state index contributed by atoms with van der Waals surface area (Å²) in [6.07, 6.45) is 24.2. The van der Waals surface area contributed by atoms with Crippen molar-refractivity contribution in [1.29, 1.82) is 0 Å². The van der Waals surface area contributed by atoms with Crippen LogP contribution in [0.1, 0.15) is 163 Å². The van der Waals surface area contributed by atoms with Crippen LogP contribution >= 0.6 is 0 Å². The number of hydrogen-bond acceptors (Lipinski definition) is 6. The third kappa shape index (κ3) is 18.8. The van der Waals surface area contributed by atoms with Crippen LogP contribution in [0.4, 0.5) is 0 Å². The Kier molecular flexibility index (Phi) is 24.0. The molecule has 0 aromatic carbocycles. The second kappa shape index (κ2) is 25.6. The Hall–Kier alpha value is -0.621. The number of likely N-dealkylation sites (tertiary alicyclic amines) is 1. The van der Waals surface area contributed by atoms with Gasteiger partial charge < -0.3 is 0 Å². The molecule has 0 bridgehead atoms. The molecule has 0 amide bonds. The van der Waals surface area contributed by atoms with Gasteiger partial charge >= 0.3 is 236 Å². The zero-order chi connectivity index (χ0) is 31.8. The third-order valence-electron chi connectivity index (χ3n) is 9.17. The Morgan fingerprint density at radius 3 is 1.98 bits per heavy atom. The number of esters is 2. The van der Waals surface area contributed by atoms with Crippen LogP contribution in [0.5, 0.6) is 0 Å². The van der Waals surface area contributed by atoms with Crippen molar-refractivity contribution in [3.63, 3.8) is 0 Å². The number of nitrogens with zero attached hydrogens (tertiary/aromatic N) is 1. The molecule has 7 heteroatoms. The van der Waals surface area contributed by atoms with Gasteiger partial charge in [-0.3, -0.25) is 0 Å². The van der Waals surface area contributed by atoms with Crippen LogP contribution in [0.3, 0.4) is 0 Å². The molecule has 253 valence electrons. The SMILES string of the molecule is CCCCCCCOC(=O)C1CC(OC)CN1CCCCCCC(C)([Se])C(=O)OCCCC(CCCCC)CCCCC. The number of hydrogen-bond donors (Lipinski definition) is 0. The summed E-state index contributed by atoms with van der Waals surface area (Å²) in [6.45, 7) is 11.4. The minimum absolute atomic E-state index is 0.0886. The number of carbonyl (C=O) groups excluding carboxylic acids is 2. The van der Waals surface area contributed by atoms with E-state index in [9.17, 15) is 9.59 Å². The maximum atomic E-state index is 12.8. The molecular formula is C36H68NO5Se. The van der Waals surface area contributed by atoms with E-state index in [0.717, 1.165) is 76.8 Å². The van der Waals surface area contributed by atoms with Gasteiger partial charge in [-0.2, -0.15) is 0 Å². The van der Waals surface area contributed by atoms with Crippen molar-refractivity contribution in [3.8, 4) is 0 Å². The van der Waals surface area contributed by atoms with Crippen molar-refractivity contribution in [2.24, 2.45) is 5.92 Å². The predicted molar refractivity (Wildman–Crippen MR) is 180 cm³/mol. The fourth-order valence-electron chi connectivity index (χ4n) is 6.22. The molecule has 0 N–H and O–H groups in total. The Bertz CT molecular complexity index is 693. The van der Waals surface area contributed by atoms with Gasteiger partial charge in [0.1, 0.15) is 0 Å². The van der Waals surface area contributed by atoms with Gasteiger partial charge in [0.05, 0.1) is 0 Å². The fraction of sp³-hybridized carbons (Fsp3) is 0.944. The summed E-state index contributed by atoms with van der Waals surface area (Å²) in [4.78, 5) is 27.8. The monoisotopic (exact) mass is 674 g/mol. The molecule has 0 saturated carbocycles. The third-order valence-corrected chi connectivity index (χ3v) is 9.94. The van der Waals surface area contributed by atoms with Crippen molar-refractivity contribution in [2.75, 3.05) is 33.4 Å². The van der Waals surface area contributed by atoms with E-state index in [1.54, 1.807) is 7.11 Å². The first-order valence-electron chi connectivity index (χ1n) is 18.1. The van der Waals surface area contributed by atoms with E-state index < -0.39 is 4.31 Å². The maximum absolute atomic E-state index is 12.8. The van der Waals surface area contributed by atoms with E-state index in [1.165, 1.54) is 77.0 Å². The molecule has 0 aromatic heterocycles. The van der Waals surface area contributed by atoms with Gasteiger partial charge in [-0.05, 0) is 6.42 Å². The zero-order valence-corrected chi connectivity index (χ0v) is 30.5. The van der Waals surface area contributed by atoms with Crippen LogP contribution in [0.25, 0.3) is 0 Å². The molecule has 0 aliphatic carbocycles. The summed E-state index contributed by atoms with van der Waals surface area (Å²) in [5.41, 5.74) is 0. The molecule has 1 fully saturated rings. The molecule has 1 rings (SSSR count). The van der Waals surface area contributed by atoms with E-state index in [0.29, 0.717) is 13.2 Å². The number of rotatable bonds is 28. The van der Waals surface area contributed by atoms with Gasteiger partial charge in [0.15, 0.2) is 0 Å². The molecule has 3 atom stereocenters. The molecule has 3 unspecified atom stereocenters. The molecule has 1 heterocycles. The van der Waals surface area contributed by atoms with Gasteiger partial charge in [-0.15, -0.1) is 0 Å². The van der Waals surface area contributed by atoms with E-state index in [1.807, 2.05) is 6.92 Å². The first-order valence-corrected chi connectivity index (χ1v) is 19.0. The van der Waals surface area contributed by atoms with Crippen LogP contribution in [-0.2, 0) is 23.8 Å². The Labute approximate surface area is 274 Å². The van der Waals surface area contributed by atoms with Gasteiger partial charge in [0.2, 0.25) is 0 Å². The molecule has 6 nitrogen and oxygen atoms in total. The zero-order valence-electron chi connectivity index (χ0n) is 28.8. The molecule has 0 spiro atoms. The number of methoxy groups -OCH3 is 1. The van der Waals surface area contributed by atoms with E-state index >= 15 is 0 Å². The number of unbranched alkanes of at least 4 members (excludes halogenated alkanes) is 11. The van der Waals surface area contributed by atoms with Crippen LogP contribution in [-0.4, -0.2) is 78.4 Å². The Balaban J connectivity index is 2.28. The van der Waals surface area contributed by atoms with Crippen LogP contribution < -0.4 is 0 Å². The summed E-state index contributed by atoms with van der Waals surface area (Å²) in [6, 6.07) is -0.188. The second-order valence-corrected chi connectivity index (χ2v) is 15.1. The summed E-state index contributed by atoms with van der Waals surface area (Å²) in [5.74, 6) is 0.586. The first-order chi connectivity index (χ1) is 20.8. The number of ether oxygens (including phenoxy) is 3. The van der Waals surface area contributed by atoms with Crippen LogP contribution in [0.2, 0.25) is 4.31 Å². The summed E-state index contributed by atoms with van der Waals surface area (Å²) >= 11 is 3.12. The molecule has 1 aliphatic heterocycles. The van der Waals surface area contributed by atoms with Crippen molar-refractivity contribution >= 4 is 28.0 Å². The van der Waals surface area contributed by atoms with Crippen molar-refractivity contribution in [3.05, 3.63) is 0 Å². The topological polar surface area (TPSA) is 65.1 Å². The van der Waals surface area contributed by atoms with E-state index in [-0.39, 0.29) is 24.1 Å². The fourth-order valence-corrected chi connectivity index (χ4v) is 6.65. The Morgan fingerprint density at radius 2 is 1.33 bits per heavy atom.